The van der Waals surface area contributed by atoms with Crippen LogP contribution in [0, 0.1) is 5.82 Å². The van der Waals surface area contributed by atoms with Gasteiger partial charge in [-0.15, -0.1) is 0 Å². The largest absolute Gasteiger partial charge is 0.368 e. The molecule has 0 N–H and O–H groups in total. The fraction of sp³-hybridized carbons (Fsp3) is 0.222. The summed E-state index contributed by atoms with van der Waals surface area (Å²) in [5.41, 5.74) is 0.484. The molecule has 0 fully saturated rings. The van der Waals surface area contributed by atoms with Crippen LogP contribution < -0.4 is 0 Å². The van der Waals surface area contributed by atoms with Crippen molar-refractivity contribution in [2.45, 2.75) is 0 Å². The van der Waals surface area contributed by atoms with E-state index in [-0.39, 0.29) is 5.82 Å². The number of thiocarbonyl (C=S) groups is 1. The van der Waals surface area contributed by atoms with Gasteiger partial charge in [0.05, 0.1) is 0 Å². The summed E-state index contributed by atoms with van der Waals surface area (Å²) in [5, 5.41) is 0. The van der Waals surface area contributed by atoms with Gasteiger partial charge in [0.15, 0.2) is 0 Å². The topological polar surface area (TPSA) is 3.24 Å². The van der Waals surface area contributed by atoms with Crippen molar-refractivity contribution in [2.24, 2.45) is 0 Å². The summed E-state index contributed by atoms with van der Waals surface area (Å²) in [6.07, 6.45) is 0. The molecular formula is C9H10FNS. The molecule has 12 heavy (non-hydrogen) atoms. The first kappa shape index (κ1) is 9.13. The van der Waals surface area contributed by atoms with Gasteiger partial charge < -0.3 is 4.90 Å². The Bertz CT molecular complexity index is 296. The molecule has 1 aromatic carbocycles. The van der Waals surface area contributed by atoms with Gasteiger partial charge in [0.25, 0.3) is 0 Å². The molecule has 0 saturated heterocycles. The molecule has 0 spiro atoms. The lowest BCUT2D eigenvalue weighted by atomic mass is 10.2. The zero-order valence-corrected chi connectivity index (χ0v) is 7.86. The first-order valence-electron chi connectivity index (χ1n) is 3.59. The number of hydrogen-bond donors (Lipinski definition) is 0. The van der Waals surface area contributed by atoms with Crippen LogP contribution in [0.15, 0.2) is 24.3 Å². The number of rotatable bonds is 1. The van der Waals surface area contributed by atoms with E-state index >= 15 is 0 Å². The first-order chi connectivity index (χ1) is 5.63. The quantitative estimate of drug-likeness (QED) is 0.613. The van der Waals surface area contributed by atoms with Crippen molar-refractivity contribution in [2.75, 3.05) is 14.1 Å². The number of benzene rings is 1. The average Bonchev–Trinajstić information content (AvgIpc) is 2.04. The molecule has 0 radical (unpaired) electrons. The third-order valence-electron chi connectivity index (χ3n) is 1.51. The highest BCUT2D eigenvalue weighted by Gasteiger charge is 2.07. The van der Waals surface area contributed by atoms with E-state index in [1.807, 2.05) is 0 Å². The van der Waals surface area contributed by atoms with Crippen molar-refractivity contribution in [3.05, 3.63) is 35.6 Å². The smallest absolute Gasteiger partial charge is 0.133 e. The molecule has 1 nitrogen and oxygen atoms in total. The summed E-state index contributed by atoms with van der Waals surface area (Å²) < 4.78 is 13.1. The summed E-state index contributed by atoms with van der Waals surface area (Å²) in [4.78, 5) is 2.24. The molecule has 0 aliphatic carbocycles. The van der Waals surface area contributed by atoms with Gasteiger partial charge in [-0.1, -0.05) is 24.4 Å². The minimum absolute atomic E-state index is 0.267. The molecule has 0 heterocycles. The van der Waals surface area contributed by atoms with Gasteiger partial charge in [0, 0.05) is 19.7 Å². The Morgan fingerprint density at radius 2 is 1.92 bits per heavy atom. The van der Waals surface area contributed by atoms with Gasteiger partial charge >= 0.3 is 0 Å². The lowest BCUT2D eigenvalue weighted by Gasteiger charge is -2.13. The van der Waals surface area contributed by atoms with Gasteiger partial charge in [0.2, 0.25) is 0 Å². The highest BCUT2D eigenvalue weighted by Crippen LogP contribution is 2.08. The van der Waals surface area contributed by atoms with Crippen LogP contribution in [0.4, 0.5) is 4.39 Å². The Kier molecular flexibility index (Phi) is 2.76. The van der Waals surface area contributed by atoms with Crippen LogP contribution in [0.5, 0.6) is 0 Å². The van der Waals surface area contributed by atoms with E-state index in [1.165, 1.54) is 6.07 Å². The zero-order chi connectivity index (χ0) is 9.14. The Labute approximate surface area is 76.8 Å². The molecule has 0 amide bonds. The Hall–Kier alpha value is -0.960. The van der Waals surface area contributed by atoms with Crippen LogP contribution in [0.3, 0.4) is 0 Å². The summed E-state index contributed by atoms with van der Waals surface area (Å²) in [7, 11) is 3.60. The second kappa shape index (κ2) is 3.63. The molecule has 0 bridgehead atoms. The van der Waals surface area contributed by atoms with Crippen molar-refractivity contribution in [1.82, 2.24) is 4.90 Å². The normalized spacial score (nSPS) is 9.58. The zero-order valence-electron chi connectivity index (χ0n) is 7.04. The number of halogens is 1. The van der Waals surface area contributed by atoms with Crippen molar-refractivity contribution in [3.63, 3.8) is 0 Å². The molecule has 1 aromatic rings. The molecule has 0 aliphatic heterocycles. The molecular weight excluding hydrogens is 173 g/mol. The second-order valence-electron chi connectivity index (χ2n) is 2.68. The maximum absolute atomic E-state index is 13.1. The lowest BCUT2D eigenvalue weighted by Crippen LogP contribution is -2.21. The van der Waals surface area contributed by atoms with Crippen LogP contribution in [-0.2, 0) is 0 Å². The molecule has 0 aliphatic rings. The molecule has 3 heteroatoms. The third kappa shape index (κ3) is 1.80. The van der Waals surface area contributed by atoms with Gasteiger partial charge in [-0.25, -0.2) is 4.39 Å². The van der Waals surface area contributed by atoms with Crippen LogP contribution in [0.2, 0.25) is 0 Å². The maximum Gasteiger partial charge on any atom is 0.133 e. The molecule has 64 valence electrons. The number of hydrogen-bond acceptors (Lipinski definition) is 1. The summed E-state index contributed by atoms with van der Waals surface area (Å²) in [6, 6.07) is 6.51. The average molecular weight is 183 g/mol. The maximum atomic E-state index is 13.1. The Balaban J connectivity index is 3.03. The number of nitrogens with zero attached hydrogens (tertiary/aromatic N) is 1. The monoisotopic (exact) mass is 183 g/mol. The molecule has 0 saturated carbocycles. The predicted molar refractivity (Wildman–Crippen MR) is 51.8 cm³/mol. The predicted octanol–water partition coefficient (Wildman–Crippen LogP) is 2.06. The van der Waals surface area contributed by atoms with E-state index < -0.39 is 0 Å². The van der Waals surface area contributed by atoms with E-state index in [1.54, 1.807) is 37.2 Å². The lowest BCUT2D eigenvalue weighted by molar-refractivity contribution is 0.604. The highest BCUT2D eigenvalue weighted by atomic mass is 32.1. The van der Waals surface area contributed by atoms with E-state index in [0.717, 1.165) is 0 Å². The van der Waals surface area contributed by atoms with E-state index in [9.17, 15) is 4.39 Å². The van der Waals surface area contributed by atoms with Crippen molar-refractivity contribution < 1.29 is 4.39 Å². The van der Waals surface area contributed by atoms with Gasteiger partial charge in [-0.3, -0.25) is 0 Å². The summed E-state index contributed by atoms with van der Waals surface area (Å²) in [5.74, 6) is -0.267. The van der Waals surface area contributed by atoms with Crippen LogP contribution in [-0.4, -0.2) is 24.0 Å². The fourth-order valence-corrected chi connectivity index (χ4v) is 1.04. The molecule has 0 atom stereocenters. The minimum atomic E-state index is -0.267. The standard InChI is InChI=1S/C9H10FNS/c1-11(2)9(12)7-5-3-4-6-8(7)10/h3-6H,1-2H3. The first-order valence-corrected chi connectivity index (χ1v) is 4.00. The van der Waals surface area contributed by atoms with Crippen LogP contribution in [0.1, 0.15) is 5.56 Å². The van der Waals surface area contributed by atoms with Gasteiger partial charge in [-0.2, -0.15) is 0 Å². The SMILES string of the molecule is CN(C)C(=S)c1ccccc1F. The van der Waals surface area contributed by atoms with Crippen LogP contribution in [0.25, 0.3) is 0 Å². The second-order valence-corrected chi connectivity index (χ2v) is 3.07. The van der Waals surface area contributed by atoms with Gasteiger partial charge in [0.1, 0.15) is 10.8 Å². The summed E-state index contributed by atoms with van der Waals surface area (Å²) >= 11 is 5.02. The van der Waals surface area contributed by atoms with Crippen LogP contribution >= 0.6 is 12.2 Å². The minimum Gasteiger partial charge on any atom is -0.368 e. The molecule has 0 unspecified atom stereocenters. The van der Waals surface area contributed by atoms with E-state index in [4.69, 9.17) is 12.2 Å². The van der Waals surface area contributed by atoms with E-state index in [0.29, 0.717) is 10.6 Å². The Morgan fingerprint density at radius 3 is 2.42 bits per heavy atom. The Morgan fingerprint density at radius 1 is 1.33 bits per heavy atom. The third-order valence-corrected chi connectivity index (χ3v) is 2.10. The van der Waals surface area contributed by atoms with Crippen molar-refractivity contribution in [1.29, 1.82) is 0 Å². The highest BCUT2D eigenvalue weighted by molar-refractivity contribution is 7.80. The van der Waals surface area contributed by atoms with Crippen molar-refractivity contribution in [3.8, 4) is 0 Å². The molecule has 0 aromatic heterocycles. The van der Waals surface area contributed by atoms with E-state index in [2.05, 4.69) is 0 Å². The van der Waals surface area contributed by atoms with Gasteiger partial charge in [-0.05, 0) is 12.1 Å². The summed E-state index contributed by atoms with van der Waals surface area (Å²) in [6.45, 7) is 0. The molecule has 1 rings (SSSR count). The fourth-order valence-electron chi connectivity index (χ4n) is 0.876. The van der Waals surface area contributed by atoms with Crippen molar-refractivity contribution >= 4 is 17.2 Å².